The molecule has 3 heterocycles. The Morgan fingerprint density at radius 3 is 2.54 bits per heavy atom. The van der Waals surface area contributed by atoms with E-state index in [0.717, 1.165) is 35.9 Å². The number of nitrogen functional groups attached to an aromatic ring is 1. The van der Waals surface area contributed by atoms with Crippen molar-refractivity contribution in [3.8, 4) is 0 Å². The fourth-order valence-electron chi connectivity index (χ4n) is 5.03. The van der Waals surface area contributed by atoms with Crippen LogP contribution in [0.25, 0.3) is 10.2 Å². The molecular weight excluding hydrogens is 366 g/mol. The summed E-state index contributed by atoms with van der Waals surface area (Å²) in [6.45, 7) is 11.3. The summed E-state index contributed by atoms with van der Waals surface area (Å²) in [5, 5.41) is 0.971. The molecule has 0 saturated carbocycles. The number of anilines is 1. The first kappa shape index (κ1) is 19.7. The Bertz CT molecular complexity index is 901. The van der Waals surface area contributed by atoms with Crippen LogP contribution in [0.4, 0.5) is 5.69 Å². The van der Waals surface area contributed by atoms with Crippen molar-refractivity contribution in [1.29, 1.82) is 0 Å². The van der Waals surface area contributed by atoms with Crippen molar-refractivity contribution >= 4 is 33.1 Å². The highest BCUT2D eigenvalue weighted by Crippen LogP contribution is 2.41. The second kappa shape index (κ2) is 7.01. The number of nitrogens with two attached hydrogens (primary N) is 1. The summed E-state index contributed by atoms with van der Waals surface area (Å²) < 4.78 is 0. The molecule has 152 valence electrons. The number of hydrogen-bond donors (Lipinski definition) is 1. The van der Waals surface area contributed by atoms with Gasteiger partial charge in [-0.25, -0.2) is 4.98 Å². The van der Waals surface area contributed by atoms with E-state index < -0.39 is 0 Å². The number of aromatic nitrogens is 1. The minimum Gasteiger partial charge on any atom is -0.397 e. The van der Waals surface area contributed by atoms with Gasteiger partial charge in [-0.3, -0.25) is 4.79 Å². The molecule has 0 radical (unpaired) electrons. The molecule has 5 heteroatoms. The van der Waals surface area contributed by atoms with Crippen molar-refractivity contribution in [2.75, 3.05) is 5.73 Å². The second-order valence-corrected chi connectivity index (χ2v) is 10.9. The largest absolute Gasteiger partial charge is 0.397 e. The smallest absolute Gasteiger partial charge is 0.266 e. The van der Waals surface area contributed by atoms with Crippen molar-refractivity contribution in [1.82, 2.24) is 9.88 Å². The third-order valence-electron chi connectivity index (χ3n) is 6.93. The van der Waals surface area contributed by atoms with Crippen LogP contribution in [-0.2, 0) is 12.8 Å². The molecule has 0 aromatic carbocycles. The molecule has 1 fully saturated rings. The van der Waals surface area contributed by atoms with Gasteiger partial charge in [-0.2, -0.15) is 0 Å². The van der Waals surface area contributed by atoms with Gasteiger partial charge in [0, 0.05) is 23.2 Å². The number of nitrogens with zero attached hydrogens (tertiary/aromatic N) is 2. The van der Waals surface area contributed by atoms with Crippen molar-refractivity contribution in [3.05, 3.63) is 22.2 Å². The van der Waals surface area contributed by atoms with Crippen LogP contribution in [0.1, 0.15) is 81.2 Å². The summed E-state index contributed by atoms with van der Waals surface area (Å²) in [6, 6.07) is 2.77. The van der Waals surface area contributed by atoms with Crippen LogP contribution in [0.2, 0.25) is 0 Å². The molecule has 2 aliphatic rings. The molecule has 2 aromatic heterocycles. The summed E-state index contributed by atoms with van der Waals surface area (Å²) >= 11 is 1.48. The predicted molar refractivity (Wildman–Crippen MR) is 118 cm³/mol. The molecule has 2 N–H and O–H groups in total. The molecule has 4 rings (SSSR count). The molecule has 1 aliphatic carbocycles. The van der Waals surface area contributed by atoms with E-state index in [0.29, 0.717) is 21.9 Å². The number of aryl methyl sites for hydroxylation is 1. The lowest BCUT2D eigenvalue weighted by Crippen LogP contribution is -2.47. The zero-order valence-electron chi connectivity index (χ0n) is 17.8. The average molecular weight is 400 g/mol. The lowest BCUT2D eigenvalue weighted by Gasteiger charge is -2.38. The van der Waals surface area contributed by atoms with Gasteiger partial charge in [-0.1, -0.05) is 20.8 Å². The van der Waals surface area contributed by atoms with E-state index >= 15 is 0 Å². The van der Waals surface area contributed by atoms with E-state index in [1.807, 2.05) is 4.90 Å². The molecule has 1 amide bonds. The Kier molecular flexibility index (Phi) is 4.93. The minimum atomic E-state index is 0.0886. The number of amides is 1. The number of hydrogen-bond acceptors (Lipinski definition) is 4. The number of piperidine rings is 1. The number of thiophene rings is 1. The highest BCUT2D eigenvalue weighted by atomic mass is 32.1. The Morgan fingerprint density at radius 2 is 1.89 bits per heavy atom. The van der Waals surface area contributed by atoms with Crippen LogP contribution in [0, 0.1) is 11.3 Å². The van der Waals surface area contributed by atoms with Gasteiger partial charge in [0.25, 0.3) is 5.91 Å². The number of likely N-dealkylation sites (tertiary alicyclic amines) is 1. The van der Waals surface area contributed by atoms with Crippen molar-refractivity contribution in [2.24, 2.45) is 11.3 Å². The van der Waals surface area contributed by atoms with Crippen LogP contribution in [0.15, 0.2) is 6.07 Å². The zero-order chi connectivity index (χ0) is 20.2. The minimum absolute atomic E-state index is 0.0886. The Hall–Kier alpha value is -1.62. The van der Waals surface area contributed by atoms with E-state index in [9.17, 15) is 4.79 Å². The third-order valence-corrected chi connectivity index (χ3v) is 8.04. The average Bonchev–Trinajstić information content (AvgIpc) is 2.94. The Labute approximate surface area is 172 Å². The topological polar surface area (TPSA) is 59.2 Å². The van der Waals surface area contributed by atoms with Crippen LogP contribution >= 0.6 is 11.3 Å². The van der Waals surface area contributed by atoms with E-state index in [4.69, 9.17) is 10.7 Å². The summed E-state index contributed by atoms with van der Waals surface area (Å²) in [6.07, 6.45) is 6.60. The van der Waals surface area contributed by atoms with Gasteiger partial charge < -0.3 is 10.6 Å². The molecule has 0 spiro atoms. The van der Waals surface area contributed by atoms with Gasteiger partial charge in [0.15, 0.2) is 0 Å². The maximum Gasteiger partial charge on any atom is 0.266 e. The number of fused-ring (bicyclic) bond motifs is 2. The van der Waals surface area contributed by atoms with Gasteiger partial charge >= 0.3 is 0 Å². The third kappa shape index (κ3) is 3.32. The van der Waals surface area contributed by atoms with E-state index in [1.54, 1.807) is 0 Å². The molecule has 0 bridgehead atoms. The molecule has 28 heavy (non-hydrogen) atoms. The molecule has 1 unspecified atom stereocenters. The first-order chi connectivity index (χ1) is 13.2. The molecule has 2 aromatic rings. The number of carbonyl (C=O) groups is 1. The van der Waals surface area contributed by atoms with Gasteiger partial charge in [-0.15, -0.1) is 11.3 Å². The maximum absolute atomic E-state index is 13.3. The van der Waals surface area contributed by atoms with Gasteiger partial charge in [0.2, 0.25) is 0 Å². The summed E-state index contributed by atoms with van der Waals surface area (Å²) in [7, 11) is 0. The predicted octanol–water partition coefficient (Wildman–Crippen LogP) is 5.43. The normalized spacial score (nSPS) is 25.8. The first-order valence-corrected chi connectivity index (χ1v) is 11.5. The first-order valence-electron chi connectivity index (χ1n) is 10.7. The van der Waals surface area contributed by atoms with Crippen LogP contribution in [0.3, 0.4) is 0 Å². The molecule has 3 atom stereocenters. The van der Waals surface area contributed by atoms with Gasteiger partial charge in [0.1, 0.15) is 9.71 Å². The highest BCUT2D eigenvalue weighted by molar-refractivity contribution is 7.21. The number of rotatable bonds is 1. The summed E-state index contributed by atoms with van der Waals surface area (Å²) in [4.78, 5) is 21.9. The lowest BCUT2D eigenvalue weighted by atomic mass is 9.71. The lowest BCUT2D eigenvalue weighted by molar-refractivity contribution is 0.0517. The standard InChI is InChI=1S/C23H33N3OS/c1-13-7-6-8-14(2)26(13)22(27)20-19(24)17-12-15-11-16(23(3,4)5)9-10-18(15)25-21(17)28-20/h12-14,16H,6-11,24H2,1-5H3/t13-,14-,16?/m1/s1. The number of carbonyl (C=O) groups excluding carboxylic acids is 1. The Balaban J connectivity index is 1.71. The highest BCUT2D eigenvalue weighted by Gasteiger charge is 2.33. The molecule has 1 saturated heterocycles. The van der Waals surface area contributed by atoms with Crippen LogP contribution in [0.5, 0.6) is 0 Å². The fourth-order valence-corrected chi connectivity index (χ4v) is 6.07. The summed E-state index contributed by atoms with van der Waals surface area (Å²) in [5.74, 6) is 0.751. The van der Waals surface area contributed by atoms with Gasteiger partial charge in [0.05, 0.1) is 5.69 Å². The molecule has 4 nitrogen and oxygen atoms in total. The van der Waals surface area contributed by atoms with Crippen molar-refractivity contribution in [2.45, 2.75) is 85.2 Å². The second-order valence-electron chi connectivity index (χ2n) is 9.94. The zero-order valence-corrected chi connectivity index (χ0v) is 18.7. The van der Waals surface area contributed by atoms with E-state index in [2.05, 4.69) is 40.7 Å². The SMILES string of the molecule is C[C@@H]1CCC[C@@H](C)N1C(=O)c1sc2nc3c(cc2c1N)CC(C(C)(C)C)CC3. The van der Waals surface area contributed by atoms with E-state index in [-0.39, 0.29) is 18.0 Å². The summed E-state index contributed by atoms with van der Waals surface area (Å²) in [5.41, 5.74) is 9.96. The van der Waals surface area contributed by atoms with Crippen molar-refractivity contribution < 1.29 is 4.79 Å². The number of pyridine rings is 1. The van der Waals surface area contributed by atoms with Gasteiger partial charge in [-0.05, 0) is 75.3 Å². The fraction of sp³-hybridized carbons (Fsp3) is 0.652. The van der Waals surface area contributed by atoms with Crippen LogP contribution < -0.4 is 5.73 Å². The maximum atomic E-state index is 13.3. The van der Waals surface area contributed by atoms with Crippen molar-refractivity contribution in [3.63, 3.8) is 0 Å². The Morgan fingerprint density at radius 1 is 1.21 bits per heavy atom. The molecular formula is C23H33N3OS. The van der Waals surface area contributed by atoms with E-state index in [1.165, 1.54) is 35.4 Å². The molecule has 1 aliphatic heterocycles. The quantitative estimate of drug-likeness (QED) is 0.695. The monoisotopic (exact) mass is 399 g/mol. The van der Waals surface area contributed by atoms with Crippen LogP contribution in [-0.4, -0.2) is 27.9 Å².